The Hall–Kier alpha value is -3.42. The first-order chi connectivity index (χ1) is 13.4. The van der Waals surface area contributed by atoms with Crippen molar-refractivity contribution < 1.29 is 27.6 Å². The minimum Gasteiger partial charge on any atom is -0.489 e. The lowest BCUT2D eigenvalue weighted by Crippen LogP contribution is -2.14. The van der Waals surface area contributed by atoms with E-state index in [2.05, 4.69) is 15.2 Å². The summed E-state index contributed by atoms with van der Waals surface area (Å²) in [7, 11) is 0. The van der Waals surface area contributed by atoms with Crippen LogP contribution in [0.3, 0.4) is 0 Å². The number of carbonyl (C=O) groups excluding carboxylic acids is 1. The molecule has 0 saturated heterocycles. The quantitative estimate of drug-likeness (QED) is 0.634. The molecular formula is C20H18F2N2O4. The SMILES string of the molecule is Cc1noc(C)c1COc1cccc(C(=O)Nc2ccccc2OC(F)F)c1. The van der Waals surface area contributed by atoms with Crippen LogP contribution in [0.4, 0.5) is 14.5 Å². The summed E-state index contributed by atoms with van der Waals surface area (Å²) in [4.78, 5) is 12.5. The smallest absolute Gasteiger partial charge is 0.387 e. The monoisotopic (exact) mass is 388 g/mol. The highest BCUT2D eigenvalue weighted by Crippen LogP contribution is 2.26. The second-order valence-electron chi connectivity index (χ2n) is 5.95. The van der Waals surface area contributed by atoms with Crippen LogP contribution in [0.15, 0.2) is 53.1 Å². The zero-order chi connectivity index (χ0) is 20.1. The summed E-state index contributed by atoms with van der Waals surface area (Å²) in [6, 6.07) is 12.5. The first kappa shape index (κ1) is 19.3. The van der Waals surface area contributed by atoms with Crippen molar-refractivity contribution in [1.82, 2.24) is 5.16 Å². The van der Waals surface area contributed by atoms with Gasteiger partial charge in [-0.2, -0.15) is 8.78 Å². The van der Waals surface area contributed by atoms with Crippen LogP contribution in [0.5, 0.6) is 11.5 Å². The van der Waals surface area contributed by atoms with Crippen LogP contribution in [-0.2, 0) is 6.61 Å². The van der Waals surface area contributed by atoms with E-state index >= 15 is 0 Å². The second kappa shape index (κ2) is 8.51. The first-order valence-electron chi connectivity index (χ1n) is 8.44. The summed E-state index contributed by atoms with van der Waals surface area (Å²) < 4.78 is 40.3. The van der Waals surface area contributed by atoms with Gasteiger partial charge in [-0.05, 0) is 44.2 Å². The summed E-state index contributed by atoms with van der Waals surface area (Å²) >= 11 is 0. The molecular weight excluding hydrogens is 370 g/mol. The standard InChI is InChI=1S/C20H18F2N2O4/c1-12-16(13(2)28-24-12)11-26-15-7-5-6-14(10-15)19(25)23-17-8-3-4-9-18(17)27-20(21)22/h3-10,20H,11H2,1-2H3,(H,23,25). The van der Waals surface area contributed by atoms with Crippen molar-refractivity contribution in [3.63, 3.8) is 0 Å². The molecule has 0 aliphatic rings. The number of para-hydroxylation sites is 2. The van der Waals surface area contributed by atoms with E-state index in [4.69, 9.17) is 9.26 Å². The van der Waals surface area contributed by atoms with E-state index in [0.717, 1.165) is 11.3 Å². The van der Waals surface area contributed by atoms with E-state index < -0.39 is 12.5 Å². The molecule has 8 heteroatoms. The highest BCUT2D eigenvalue weighted by Gasteiger charge is 2.14. The van der Waals surface area contributed by atoms with Gasteiger partial charge in [0.2, 0.25) is 0 Å². The fourth-order valence-corrected chi connectivity index (χ4v) is 2.55. The Balaban J connectivity index is 1.71. The number of halogens is 2. The predicted molar refractivity (Wildman–Crippen MR) is 97.8 cm³/mol. The summed E-state index contributed by atoms with van der Waals surface area (Å²) in [6.07, 6.45) is 0. The molecule has 1 N–H and O–H groups in total. The van der Waals surface area contributed by atoms with E-state index in [1.54, 1.807) is 37.3 Å². The van der Waals surface area contributed by atoms with Crippen molar-refractivity contribution in [2.24, 2.45) is 0 Å². The number of aryl methyl sites for hydroxylation is 2. The second-order valence-corrected chi connectivity index (χ2v) is 5.95. The predicted octanol–water partition coefficient (Wildman–Crippen LogP) is 4.72. The van der Waals surface area contributed by atoms with Crippen LogP contribution in [0.2, 0.25) is 0 Å². The molecule has 3 rings (SSSR count). The maximum absolute atomic E-state index is 12.5. The number of amides is 1. The van der Waals surface area contributed by atoms with Crippen LogP contribution in [0.1, 0.15) is 27.4 Å². The van der Waals surface area contributed by atoms with Crippen molar-refractivity contribution in [1.29, 1.82) is 0 Å². The fourth-order valence-electron chi connectivity index (χ4n) is 2.55. The highest BCUT2D eigenvalue weighted by molar-refractivity contribution is 6.05. The Kier molecular flexibility index (Phi) is 5.88. The Morgan fingerprint density at radius 1 is 1.18 bits per heavy atom. The molecule has 0 atom stereocenters. The molecule has 1 aromatic heterocycles. The van der Waals surface area contributed by atoms with Gasteiger partial charge >= 0.3 is 6.61 Å². The van der Waals surface area contributed by atoms with Gasteiger partial charge in [0.05, 0.1) is 16.9 Å². The molecule has 0 radical (unpaired) electrons. The third-order valence-corrected chi connectivity index (χ3v) is 4.01. The molecule has 0 aliphatic carbocycles. The van der Waals surface area contributed by atoms with Crippen LogP contribution in [-0.4, -0.2) is 17.7 Å². The van der Waals surface area contributed by atoms with Gasteiger partial charge in [-0.3, -0.25) is 4.79 Å². The number of benzene rings is 2. The summed E-state index contributed by atoms with van der Waals surface area (Å²) in [5, 5.41) is 6.43. The fraction of sp³-hybridized carbons (Fsp3) is 0.200. The molecule has 28 heavy (non-hydrogen) atoms. The van der Waals surface area contributed by atoms with Crippen LogP contribution < -0.4 is 14.8 Å². The number of hydrogen-bond donors (Lipinski definition) is 1. The minimum atomic E-state index is -2.99. The molecule has 146 valence electrons. The maximum atomic E-state index is 12.5. The molecule has 0 spiro atoms. The molecule has 1 amide bonds. The summed E-state index contributed by atoms with van der Waals surface area (Å²) in [5.41, 5.74) is 2.04. The molecule has 0 fully saturated rings. The molecule has 1 heterocycles. The number of ether oxygens (including phenoxy) is 2. The van der Waals surface area contributed by atoms with Gasteiger partial charge in [0.25, 0.3) is 5.91 Å². The summed E-state index contributed by atoms with van der Waals surface area (Å²) in [5.74, 6) is 0.552. The lowest BCUT2D eigenvalue weighted by molar-refractivity contribution is -0.0493. The molecule has 6 nitrogen and oxygen atoms in total. The van der Waals surface area contributed by atoms with Crippen molar-refractivity contribution in [3.8, 4) is 11.5 Å². The van der Waals surface area contributed by atoms with E-state index in [0.29, 0.717) is 17.1 Å². The van der Waals surface area contributed by atoms with Crippen molar-refractivity contribution >= 4 is 11.6 Å². The van der Waals surface area contributed by atoms with E-state index in [1.807, 2.05) is 6.92 Å². The van der Waals surface area contributed by atoms with Gasteiger partial charge < -0.3 is 19.3 Å². The van der Waals surface area contributed by atoms with Crippen molar-refractivity contribution in [2.45, 2.75) is 27.1 Å². The minimum absolute atomic E-state index is 0.114. The molecule has 0 unspecified atom stereocenters. The largest absolute Gasteiger partial charge is 0.489 e. The Morgan fingerprint density at radius 2 is 1.96 bits per heavy atom. The topological polar surface area (TPSA) is 73.6 Å². The van der Waals surface area contributed by atoms with Gasteiger partial charge in [0.1, 0.15) is 23.9 Å². The number of nitrogens with zero attached hydrogens (tertiary/aromatic N) is 1. The lowest BCUT2D eigenvalue weighted by atomic mass is 10.2. The van der Waals surface area contributed by atoms with Gasteiger partial charge in [-0.1, -0.05) is 23.4 Å². The number of aromatic nitrogens is 1. The summed E-state index contributed by atoms with van der Waals surface area (Å²) in [6.45, 7) is 0.871. The first-order valence-corrected chi connectivity index (χ1v) is 8.44. The normalized spacial score (nSPS) is 10.8. The van der Waals surface area contributed by atoms with Crippen molar-refractivity contribution in [2.75, 3.05) is 5.32 Å². The number of nitrogens with one attached hydrogen (secondary N) is 1. The van der Waals surface area contributed by atoms with E-state index in [-0.39, 0.29) is 18.0 Å². The van der Waals surface area contributed by atoms with Gasteiger partial charge in [0, 0.05) is 5.56 Å². The average Bonchev–Trinajstić information content (AvgIpc) is 2.99. The number of alkyl halides is 2. The Morgan fingerprint density at radius 3 is 2.68 bits per heavy atom. The highest BCUT2D eigenvalue weighted by atomic mass is 19.3. The molecule has 0 saturated carbocycles. The number of rotatable bonds is 7. The van der Waals surface area contributed by atoms with Gasteiger partial charge in [-0.25, -0.2) is 0 Å². The molecule has 0 aliphatic heterocycles. The van der Waals surface area contributed by atoms with Gasteiger partial charge in [0.15, 0.2) is 0 Å². The zero-order valence-corrected chi connectivity index (χ0v) is 15.2. The molecule has 0 bridgehead atoms. The lowest BCUT2D eigenvalue weighted by Gasteiger charge is -2.12. The number of anilines is 1. The van der Waals surface area contributed by atoms with E-state index in [9.17, 15) is 13.6 Å². The van der Waals surface area contributed by atoms with Crippen molar-refractivity contribution in [3.05, 3.63) is 71.1 Å². The average molecular weight is 388 g/mol. The van der Waals surface area contributed by atoms with E-state index in [1.165, 1.54) is 18.2 Å². The van der Waals surface area contributed by atoms with Gasteiger partial charge in [-0.15, -0.1) is 0 Å². The Labute approximate surface area is 160 Å². The number of carbonyl (C=O) groups is 1. The van der Waals surface area contributed by atoms with Crippen LogP contribution in [0.25, 0.3) is 0 Å². The zero-order valence-electron chi connectivity index (χ0n) is 15.2. The molecule has 2 aromatic carbocycles. The number of hydrogen-bond acceptors (Lipinski definition) is 5. The Bertz CT molecular complexity index is 953. The van der Waals surface area contributed by atoms with Crippen LogP contribution >= 0.6 is 0 Å². The third-order valence-electron chi connectivity index (χ3n) is 4.01. The third kappa shape index (κ3) is 4.64. The molecule has 3 aromatic rings. The van der Waals surface area contributed by atoms with Crippen LogP contribution in [0, 0.1) is 13.8 Å². The maximum Gasteiger partial charge on any atom is 0.387 e.